The Morgan fingerprint density at radius 2 is 2.11 bits per heavy atom. The van der Waals surface area contributed by atoms with Gasteiger partial charge in [0.05, 0.1) is 0 Å². The maximum atomic E-state index is 11.9. The van der Waals surface area contributed by atoms with E-state index in [1.54, 1.807) is 0 Å². The summed E-state index contributed by atoms with van der Waals surface area (Å²) in [5.74, 6) is 0.353. The number of fused-ring (bicyclic) bond motifs is 1. The van der Waals surface area contributed by atoms with Crippen LogP contribution < -0.4 is 0 Å². The van der Waals surface area contributed by atoms with E-state index in [1.807, 2.05) is 6.20 Å². The van der Waals surface area contributed by atoms with Crippen molar-refractivity contribution in [2.45, 2.75) is 46.0 Å². The minimum atomic E-state index is 0.353. The molecule has 1 aromatic carbocycles. The first kappa shape index (κ1) is 12.9. The number of nitrogens with one attached hydrogen (secondary N) is 1. The van der Waals surface area contributed by atoms with Crippen LogP contribution in [-0.4, -0.2) is 10.8 Å². The fourth-order valence-electron chi connectivity index (χ4n) is 2.31. The number of carbonyl (C=O) groups excluding carboxylic acids is 1. The maximum absolute atomic E-state index is 11.9. The molecule has 1 heterocycles. The molecule has 0 atom stereocenters. The molecule has 0 spiro atoms. The molecule has 0 saturated carbocycles. The third kappa shape index (κ3) is 3.00. The normalized spacial score (nSPS) is 11.0. The molecular formula is C16H21NO. The second-order valence-electron chi connectivity index (χ2n) is 5.04. The molecule has 0 radical (unpaired) electrons. The van der Waals surface area contributed by atoms with Crippen molar-refractivity contribution in [2.75, 3.05) is 0 Å². The lowest BCUT2D eigenvalue weighted by Crippen LogP contribution is -2.01. The molecule has 2 aromatic rings. The van der Waals surface area contributed by atoms with Gasteiger partial charge in [0.15, 0.2) is 0 Å². The molecule has 96 valence electrons. The number of benzene rings is 1. The van der Waals surface area contributed by atoms with Gasteiger partial charge in [-0.1, -0.05) is 31.4 Å². The molecule has 0 unspecified atom stereocenters. The highest BCUT2D eigenvalue weighted by atomic mass is 16.1. The van der Waals surface area contributed by atoms with Gasteiger partial charge in [-0.3, -0.25) is 4.79 Å². The van der Waals surface area contributed by atoms with Crippen molar-refractivity contribution in [3.05, 3.63) is 35.5 Å². The highest BCUT2D eigenvalue weighted by molar-refractivity contribution is 5.90. The number of unbranched alkanes of at least 4 members (excludes halogenated alkanes) is 2. The van der Waals surface area contributed by atoms with Crippen LogP contribution in [-0.2, 0) is 11.2 Å². The third-order valence-corrected chi connectivity index (χ3v) is 3.37. The van der Waals surface area contributed by atoms with Gasteiger partial charge in [0, 0.05) is 29.9 Å². The van der Waals surface area contributed by atoms with E-state index in [0.29, 0.717) is 18.6 Å². The van der Waals surface area contributed by atoms with Crippen LogP contribution in [0.3, 0.4) is 0 Å². The SMILES string of the molecule is CCCCCC(=O)Cc1c[nH]c2ccc(C)cc12. The monoisotopic (exact) mass is 243 g/mol. The van der Waals surface area contributed by atoms with Crippen molar-refractivity contribution >= 4 is 16.7 Å². The van der Waals surface area contributed by atoms with Gasteiger partial charge < -0.3 is 4.98 Å². The number of aromatic nitrogens is 1. The van der Waals surface area contributed by atoms with E-state index in [9.17, 15) is 4.79 Å². The predicted molar refractivity (Wildman–Crippen MR) is 75.9 cm³/mol. The second-order valence-corrected chi connectivity index (χ2v) is 5.04. The number of hydrogen-bond donors (Lipinski definition) is 1. The quantitative estimate of drug-likeness (QED) is 0.759. The average molecular weight is 243 g/mol. The molecule has 0 aliphatic rings. The van der Waals surface area contributed by atoms with Gasteiger partial charge in [-0.05, 0) is 31.0 Å². The number of ketones is 1. The van der Waals surface area contributed by atoms with Crippen molar-refractivity contribution < 1.29 is 4.79 Å². The lowest BCUT2D eigenvalue weighted by Gasteiger charge is -2.00. The number of carbonyl (C=O) groups is 1. The van der Waals surface area contributed by atoms with Crippen LogP contribution in [0.1, 0.15) is 43.7 Å². The maximum Gasteiger partial charge on any atom is 0.137 e. The van der Waals surface area contributed by atoms with Gasteiger partial charge in [0.25, 0.3) is 0 Å². The van der Waals surface area contributed by atoms with E-state index in [1.165, 1.54) is 17.4 Å². The van der Waals surface area contributed by atoms with Gasteiger partial charge in [-0.2, -0.15) is 0 Å². The summed E-state index contributed by atoms with van der Waals surface area (Å²) in [6.45, 7) is 4.24. The van der Waals surface area contributed by atoms with Crippen LogP contribution in [0, 0.1) is 6.92 Å². The zero-order valence-corrected chi connectivity index (χ0v) is 11.3. The smallest absolute Gasteiger partial charge is 0.137 e. The number of aromatic amines is 1. The van der Waals surface area contributed by atoms with E-state index in [0.717, 1.165) is 23.9 Å². The number of aryl methyl sites for hydroxylation is 1. The highest BCUT2D eigenvalue weighted by Gasteiger charge is 2.08. The van der Waals surface area contributed by atoms with Crippen molar-refractivity contribution in [3.8, 4) is 0 Å². The average Bonchev–Trinajstić information content (AvgIpc) is 2.72. The lowest BCUT2D eigenvalue weighted by atomic mass is 10.0. The number of hydrogen-bond acceptors (Lipinski definition) is 1. The van der Waals surface area contributed by atoms with Crippen LogP contribution in [0.4, 0.5) is 0 Å². The van der Waals surface area contributed by atoms with Crippen LogP contribution in [0.25, 0.3) is 10.9 Å². The first-order chi connectivity index (χ1) is 8.70. The molecule has 2 rings (SSSR count). The summed E-state index contributed by atoms with van der Waals surface area (Å²) in [7, 11) is 0. The van der Waals surface area contributed by atoms with Crippen molar-refractivity contribution in [1.29, 1.82) is 0 Å². The van der Waals surface area contributed by atoms with Crippen LogP contribution >= 0.6 is 0 Å². The van der Waals surface area contributed by atoms with Crippen molar-refractivity contribution in [2.24, 2.45) is 0 Å². The minimum absolute atomic E-state index is 0.353. The molecular weight excluding hydrogens is 222 g/mol. The zero-order chi connectivity index (χ0) is 13.0. The lowest BCUT2D eigenvalue weighted by molar-refractivity contribution is -0.118. The second kappa shape index (κ2) is 5.85. The summed E-state index contributed by atoms with van der Waals surface area (Å²) >= 11 is 0. The Kier molecular flexibility index (Phi) is 4.19. The summed E-state index contributed by atoms with van der Waals surface area (Å²) in [5.41, 5.74) is 3.49. The highest BCUT2D eigenvalue weighted by Crippen LogP contribution is 2.20. The zero-order valence-electron chi connectivity index (χ0n) is 11.3. The summed E-state index contributed by atoms with van der Waals surface area (Å²) in [6.07, 6.45) is 6.59. The van der Waals surface area contributed by atoms with E-state index < -0.39 is 0 Å². The summed E-state index contributed by atoms with van der Waals surface area (Å²) in [5, 5.41) is 1.19. The number of Topliss-reactive ketones (excluding diaryl/α,β-unsaturated/α-hetero) is 1. The number of rotatable bonds is 6. The molecule has 1 N–H and O–H groups in total. The van der Waals surface area contributed by atoms with Gasteiger partial charge in [-0.15, -0.1) is 0 Å². The van der Waals surface area contributed by atoms with Gasteiger partial charge >= 0.3 is 0 Å². The predicted octanol–water partition coefficient (Wildman–Crippen LogP) is 4.17. The number of H-pyrrole nitrogens is 1. The Morgan fingerprint density at radius 1 is 1.28 bits per heavy atom. The Balaban J connectivity index is 2.07. The van der Waals surface area contributed by atoms with E-state index >= 15 is 0 Å². The molecule has 0 aliphatic carbocycles. The Morgan fingerprint density at radius 3 is 2.89 bits per heavy atom. The topological polar surface area (TPSA) is 32.9 Å². The molecule has 0 aliphatic heterocycles. The van der Waals surface area contributed by atoms with Crippen LogP contribution in [0.5, 0.6) is 0 Å². The Bertz CT molecular complexity index is 539. The van der Waals surface area contributed by atoms with Crippen molar-refractivity contribution in [1.82, 2.24) is 4.98 Å². The first-order valence-electron chi connectivity index (χ1n) is 6.79. The standard InChI is InChI=1S/C16H21NO/c1-3-4-5-6-14(18)10-13-11-17-16-8-7-12(2)9-15(13)16/h7-9,11,17H,3-6,10H2,1-2H3. The Hall–Kier alpha value is -1.57. The molecule has 2 nitrogen and oxygen atoms in total. The summed E-state index contributed by atoms with van der Waals surface area (Å²) < 4.78 is 0. The molecule has 0 fully saturated rings. The van der Waals surface area contributed by atoms with Crippen LogP contribution in [0.15, 0.2) is 24.4 Å². The van der Waals surface area contributed by atoms with Gasteiger partial charge in [0.2, 0.25) is 0 Å². The van der Waals surface area contributed by atoms with Crippen molar-refractivity contribution in [3.63, 3.8) is 0 Å². The minimum Gasteiger partial charge on any atom is -0.361 e. The molecule has 0 saturated heterocycles. The van der Waals surface area contributed by atoms with E-state index in [4.69, 9.17) is 0 Å². The Labute approximate surface area is 108 Å². The third-order valence-electron chi connectivity index (χ3n) is 3.37. The molecule has 0 amide bonds. The van der Waals surface area contributed by atoms with Crippen LogP contribution in [0.2, 0.25) is 0 Å². The fraction of sp³-hybridized carbons (Fsp3) is 0.438. The van der Waals surface area contributed by atoms with E-state index in [-0.39, 0.29) is 0 Å². The van der Waals surface area contributed by atoms with Gasteiger partial charge in [-0.25, -0.2) is 0 Å². The molecule has 18 heavy (non-hydrogen) atoms. The summed E-state index contributed by atoms with van der Waals surface area (Å²) in [4.78, 5) is 15.1. The largest absolute Gasteiger partial charge is 0.361 e. The fourth-order valence-corrected chi connectivity index (χ4v) is 2.31. The van der Waals surface area contributed by atoms with E-state index in [2.05, 4.69) is 37.0 Å². The molecule has 1 aromatic heterocycles. The summed E-state index contributed by atoms with van der Waals surface area (Å²) in [6, 6.07) is 6.32. The van der Waals surface area contributed by atoms with Gasteiger partial charge in [0.1, 0.15) is 5.78 Å². The first-order valence-corrected chi connectivity index (χ1v) is 6.79. The molecule has 0 bridgehead atoms. The molecule has 2 heteroatoms.